The molecule has 3 heteroatoms. The van der Waals surface area contributed by atoms with Gasteiger partial charge in [0, 0.05) is 12.6 Å². The number of hydrogen-bond acceptors (Lipinski definition) is 2. The third-order valence-electron chi connectivity index (χ3n) is 3.54. The standard InChI is InChI=1S/C15H22N2O/c1-2-16-12-15(18)17-10-6-9-14(17)11-13-7-4-3-5-8-13/h3-5,7-8,14,16H,2,6,9-12H2,1H3. The van der Waals surface area contributed by atoms with Crippen LogP contribution in [0.5, 0.6) is 0 Å². The minimum absolute atomic E-state index is 0.246. The third-order valence-corrected chi connectivity index (χ3v) is 3.54. The van der Waals surface area contributed by atoms with E-state index in [4.69, 9.17) is 0 Å². The van der Waals surface area contributed by atoms with Crippen molar-refractivity contribution in [2.24, 2.45) is 0 Å². The zero-order valence-corrected chi connectivity index (χ0v) is 11.1. The van der Waals surface area contributed by atoms with Crippen LogP contribution >= 0.6 is 0 Å². The van der Waals surface area contributed by atoms with Gasteiger partial charge in [-0.15, -0.1) is 0 Å². The predicted octanol–water partition coefficient (Wildman–Crippen LogP) is 1.83. The molecule has 18 heavy (non-hydrogen) atoms. The van der Waals surface area contributed by atoms with E-state index in [1.54, 1.807) is 0 Å². The second kappa shape index (κ2) is 6.55. The molecule has 2 rings (SSSR count). The number of likely N-dealkylation sites (tertiary alicyclic amines) is 1. The first-order valence-corrected chi connectivity index (χ1v) is 6.85. The van der Waals surface area contributed by atoms with Crippen LogP contribution in [0.25, 0.3) is 0 Å². The second-order valence-electron chi connectivity index (χ2n) is 4.85. The lowest BCUT2D eigenvalue weighted by Crippen LogP contribution is -2.41. The Balaban J connectivity index is 1.93. The summed E-state index contributed by atoms with van der Waals surface area (Å²) in [5, 5.41) is 3.12. The predicted molar refractivity (Wildman–Crippen MR) is 73.4 cm³/mol. The highest BCUT2D eigenvalue weighted by Gasteiger charge is 2.28. The van der Waals surface area contributed by atoms with Crippen LogP contribution in [-0.2, 0) is 11.2 Å². The maximum Gasteiger partial charge on any atom is 0.236 e. The van der Waals surface area contributed by atoms with Crippen LogP contribution in [0.15, 0.2) is 30.3 Å². The Labute approximate surface area is 109 Å². The zero-order valence-electron chi connectivity index (χ0n) is 11.1. The lowest BCUT2D eigenvalue weighted by atomic mass is 10.0. The van der Waals surface area contributed by atoms with E-state index in [1.165, 1.54) is 5.56 Å². The van der Waals surface area contributed by atoms with E-state index in [9.17, 15) is 4.79 Å². The van der Waals surface area contributed by atoms with Crippen molar-refractivity contribution in [3.05, 3.63) is 35.9 Å². The average molecular weight is 246 g/mol. The quantitative estimate of drug-likeness (QED) is 0.859. The molecular formula is C15H22N2O. The second-order valence-corrected chi connectivity index (χ2v) is 4.85. The zero-order chi connectivity index (χ0) is 12.8. The fraction of sp³-hybridized carbons (Fsp3) is 0.533. The number of nitrogens with zero attached hydrogens (tertiary/aromatic N) is 1. The Hall–Kier alpha value is -1.35. The van der Waals surface area contributed by atoms with Crippen molar-refractivity contribution >= 4 is 5.91 Å². The highest BCUT2D eigenvalue weighted by molar-refractivity contribution is 5.78. The summed E-state index contributed by atoms with van der Waals surface area (Å²) in [4.78, 5) is 14.1. The molecule has 1 fully saturated rings. The SMILES string of the molecule is CCNCC(=O)N1CCCC1Cc1ccccc1. The van der Waals surface area contributed by atoms with Gasteiger partial charge in [0.25, 0.3) is 0 Å². The molecule has 0 aromatic heterocycles. The van der Waals surface area contributed by atoms with Crippen molar-refractivity contribution in [2.75, 3.05) is 19.6 Å². The average Bonchev–Trinajstić information content (AvgIpc) is 2.85. The number of nitrogens with one attached hydrogen (secondary N) is 1. The van der Waals surface area contributed by atoms with Crippen molar-refractivity contribution in [3.8, 4) is 0 Å². The lowest BCUT2D eigenvalue weighted by Gasteiger charge is -2.25. The van der Waals surface area contributed by atoms with E-state index in [2.05, 4.69) is 34.5 Å². The summed E-state index contributed by atoms with van der Waals surface area (Å²) in [5.41, 5.74) is 1.32. The number of rotatable bonds is 5. The van der Waals surface area contributed by atoms with E-state index >= 15 is 0 Å². The van der Waals surface area contributed by atoms with Crippen LogP contribution in [0.1, 0.15) is 25.3 Å². The molecule has 0 bridgehead atoms. The summed E-state index contributed by atoms with van der Waals surface area (Å²) >= 11 is 0. The Kier molecular flexibility index (Phi) is 4.76. The number of likely N-dealkylation sites (N-methyl/N-ethyl adjacent to an activating group) is 1. The van der Waals surface area contributed by atoms with Gasteiger partial charge in [0.2, 0.25) is 5.91 Å². The molecule has 98 valence electrons. The molecule has 1 N–H and O–H groups in total. The molecule has 1 aliphatic rings. The first-order valence-electron chi connectivity index (χ1n) is 6.85. The maximum atomic E-state index is 12.1. The fourth-order valence-corrected chi connectivity index (χ4v) is 2.60. The minimum Gasteiger partial charge on any atom is -0.338 e. The van der Waals surface area contributed by atoms with Crippen LogP contribution in [-0.4, -0.2) is 36.5 Å². The Bertz CT molecular complexity index is 377. The number of carbonyl (C=O) groups excluding carboxylic acids is 1. The van der Waals surface area contributed by atoms with Crippen molar-refractivity contribution in [2.45, 2.75) is 32.2 Å². The van der Waals surface area contributed by atoms with Crippen LogP contribution in [0.3, 0.4) is 0 Å². The third kappa shape index (κ3) is 3.33. The minimum atomic E-state index is 0.246. The van der Waals surface area contributed by atoms with Crippen molar-refractivity contribution < 1.29 is 4.79 Å². The molecule has 1 unspecified atom stereocenters. The summed E-state index contributed by atoms with van der Waals surface area (Å²) in [6.07, 6.45) is 3.25. The van der Waals surface area contributed by atoms with Gasteiger partial charge in [0.05, 0.1) is 6.54 Å². The van der Waals surface area contributed by atoms with Gasteiger partial charge in [-0.2, -0.15) is 0 Å². The lowest BCUT2D eigenvalue weighted by molar-refractivity contribution is -0.131. The fourth-order valence-electron chi connectivity index (χ4n) is 2.60. The summed E-state index contributed by atoms with van der Waals surface area (Å²) in [6.45, 7) is 4.27. The number of amides is 1. The Morgan fingerprint density at radius 3 is 2.89 bits per heavy atom. The van der Waals surface area contributed by atoms with Crippen LogP contribution < -0.4 is 5.32 Å². The maximum absolute atomic E-state index is 12.1. The highest BCUT2D eigenvalue weighted by atomic mass is 16.2. The number of hydrogen-bond donors (Lipinski definition) is 1. The molecule has 3 nitrogen and oxygen atoms in total. The van der Waals surface area contributed by atoms with Gasteiger partial charge in [-0.3, -0.25) is 4.79 Å². The molecule has 1 aromatic rings. The van der Waals surface area contributed by atoms with Gasteiger partial charge in [-0.05, 0) is 31.4 Å². The summed E-state index contributed by atoms with van der Waals surface area (Å²) in [7, 11) is 0. The highest BCUT2D eigenvalue weighted by Crippen LogP contribution is 2.21. The van der Waals surface area contributed by atoms with Gasteiger partial charge < -0.3 is 10.2 Å². The molecular weight excluding hydrogens is 224 g/mol. The van der Waals surface area contributed by atoms with Gasteiger partial charge in [0.15, 0.2) is 0 Å². The molecule has 1 saturated heterocycles. The van der Waals surface area contributed by atoms with E-state index < -0.39 is 0 Å². The van der Waals surface area contributed by atoms with Crippen molar-refractivity contribution in [3.63, 3.8) is 0 Å². The molecule has 0 saturated carbocycles. The first-order chi connectivity index (χ1) is 8.81. The van der Waals surface area contributed by atoms with Crippen LogP contribution in [0.2, 0.25) is 0 Å². The van der Waals surface area contributed by atoms with E-state index in [0.717, 1.165) is 32.4 Å². The topological polar surface area (TPSA) is 32.3 Å². The first kappa shape index (κ1) is 13.1. The van der Waals surface area contributed by atoms with Crippen LogP contribution in [0, 0.1) is 0 Å². The molecule has 1 aliphatic heterocycles. The van der Waals surface area contributed by atoms with Crippen LogP contribution in [0.4, 0.5) is 0 Å². The number of benzene rings is 1. The van der Waals surface area contributed by atoms with Crippen molar-refractivity contribution in [1.29, 1.82) is 0 Å². The van der Waals surface area contributed by atoms with E-state index in [0.29, 0.717) is 12.6 Å². The summed E-state index contributed by atoms with van der Waals surface area (Å²) < 4.78 is 0. The van der Waals surface area contributed by atoms with E-state index in [1.807, 2.05) is 13.0 Å². The molecule has 1 heterocycles. The molecule has 1 amide bonds. The molecule has 0 aliphatic carbocycles. The molecule has 0 radical (unpaired) electrons. The Morgan fingerprint density at radius 1 is 1.39 bits per heavy atom. The smallest absolute Gasteiger partial charge is 0.236 e. The molecule has 1 aromatic carbocycles. The van der Waals surface area contributed by atoms with Gasteiger partial charge in [0.1, 0.15) is 0 Å². The van der Waals surface area contributed by atoms with Gasteiger partial charge >= 0.3 is 0 Å². The van der Waals surface area contributed by atoms with Gasteiger partial charge in [-0.1, -0.05) is 37.3 Å². The largest absolute Gasteiger partial charge is 0.338 e. The normalized spacial score (nSPS) is 19.2. The number of carbonyl (C=O) groups is 1. The summed E-state index contributed by atoms with van der Waals surface area (Å²) in [6, 6.07) is 10.8. The van der Waals surface area contributed by atoms with E-state index in [-0.39, 0.29) is 5.91 Å². The molecule has 1 atom stereocenters. The molecule has 0 spiro atoms. The monoisotopic (exact) mass is 246 g/mol. The van der Waals surface area contributed by atoms with Crippen molar-refractivity contribution in [1.82, 2.24) is 10.2 Å². The van der Waals surface area contributed by atoms with Gasteiger partial charge in [-0.25, -0.2) is 0 Å². The Morgan fingerprint density at radius 2 is 2.17 bits per heavy atom. The summed E-state index contributed by atoms with van der Waals surface area (Å²) in [5.74, 6) is 0.246.